The van der Waals surface area contributed by atoms with Crippen molar-refractivity contribution in [1.29, 1.82) is 0 Å². The summed E-state index contributed by atoms with van der Waals surface area (Å²) in [5, 5.41) is 9.43. The van der Waals surface area contributed by atoms with Crippen molar-refractivity contribution in [3.63, 3.8) is 0 Å². The van der Waals surface area contributed by atoms with Gasteiger partial charge in [-0.3, -0.25) is 4.98 Å². The van der Waals surface area contributed by atoms with E-state index in [0.29, 0.717) is 5.69 Å². The summed E-state index contributed by atoms with van der Waals surface area (Å²) in [5.41, 5.74) is 3.54. The molecule has 0 aromatic carbocycles. The number of pyridine rings is 1. The summed E-state index contributed by atoms with van der Waals surface area (Å²) in [7, 11) is 0. The first kappa shape index (κ1) is 16.2. The van der Waals surface area contributed by atoms with E-state index in [1.165, 1.54) is 18.3 Å². The van der Waals surface area contributed by atoms with Gasteiger partial charge in [0.05, 0.1) is 5.69 Å². The molecule has 17 heavy (non-hydrogen) atoms. The summed E-state index contributed by atoms with van der Waals surface area (Å²) >= 11 is 0. The molecule has 1 unspecified atom stereocenters. The van der Waals surface area contributed by atoms with Crippen molar-refractivity contribution in [1.82, 2.24) is 4.98 Å². The number of nitrogens with two attached hydrogens (primary N) is 1. The quantitative estimate of drug-likeness (QED) is 0.883. The molecule has 1 atom stereocenters. The number of aliphatic hydroxyl groups is 1. The highest BCUT2D eigenvalue weighted by Gasteiger charge is 2.47. The van der Waals surface area contributed by atoms with Crippen LogP contribution >= 0.6 is 12.4 Å². The molecule has 0 aliphatic carbocycles. The van der Waals surface area contributed by atoms with E-state index >= 15 is 0 Å². The maximum atomic E-state index is 13.8. The predicted molar refractivity (Wildman–Crippen MR) is 64.3 cm³/mol. The van der Waals surface area contributed by atoms with E-state index in [0.717, 1.165) is 13.8 Å². The van der Waals surface area contributed by atoms with Gasteiger partial charge in [-0.25, -0.2) is 0 Å². The highest BCUT2D eigenvalue weighted by molar-refractivity contribution is 5.85. The molecule has 3 nitrogen and oxygen atoms in total. The molecule has 0 bridgehead atoms. The third kappa shape index (κ3) is 3.34. The fraction of sp³-hybridized carbons (Fsp3) is 0.545. The van der Waals surface area contributed by atoms with E-state index in [2.05, 4.69) is 4.98 Å². The Kier molecular flexibility index (Phi) is 5.01. The Bertz CT molecular complexity index is 378. The van der Waals surface area contributed by atoms with Gasteiger partial charge in [0.2, 0.25) is 0 Å². The minimum absolute atomic E-state index is 0. The number of nitrogens with zero attached hydrogens (tertiary/aromatic N) is 1. The van der Waals surface area contributed by atoms with E-state index in [1.807, 2.05) is 0 Å². The van der Waals surface area contributed by atoms with Crippen LogP contribution in [-0.2, 0) is 5.92 Å². The smallest absolute Gasteiger partial charge is 0.300 e. The lowest BCUT2D eigenvalue weighted by atomic mass is 9.93. The molecule has 1 rings (SSSR count). The fourth-order valence-corrected chi connectivity index (χ4v) is 1.25. The molecular weight excluding hydrogens is 250 g/mol. The van der Waals surface area contributed by atoms with Gasteiger partial charge in [0.25, 0.3) is 0 Å². The Hall–Kier alpha value is -0.780. The van der Waals surface area contributed by atoms with Crippen molar-refractivity contribution in [3.8, 4) is 0 Å². The SMILES string of the molecule is CC(N)c1cc(C(F)(F)C(C)(C)O)ccn1.Cl. The lowest BCUT2D eigenvalue weighted by Gasteiger charge is -2.29. The molecule has 0 amide bonds. The van der Waals surface area contributed by atoms with Crippen LogP contribution in [0.25, 0.3) is 0 Å². The van der Waals surface area contributed by atoms with E-state index in [1.54, 1.807) is 6.92 Å². The summed E-state index contributed by atoms with van der Waals surface area (Å²) in [5.74, 6) is -3.33. The molecule has 0 aliphatic rings. The monoisotopic (exact) mass is 266 g/mol. The first-order chi connectivity index (χ1) is 7.16. The van der Waals surface area contributed by atoms with Crippen LogP contribution in [0.1, 0.15) is 38.1 Å². The van der Waals surface area contributed by atoms with Gasteiger partial charge in [0.1, 0.15) is 5.60 Å². The van der Waals surface area contributed by atoms with Crippen LogP contribution in [0, 0.1) is 0 Å². The Morgan fingerprint density at radius 1 is 1.41 bits per heavy atom. The van der Waals surface area contributed by atoms with Gasteiger partial charge in [-0.2, -0.15) is 8.78 Å². The molecule has 0 saturated heterocycles. The van der Waals surface area contributed by atoms with Crippen molar-refractivity contribution in [2.24, 2.45) is 5.73 Å². The van der Waals surface area contributed by atoms with E-state index in [9.17, 15) is 13.9 Å². The van der Waals surface area contributed by atoms with Crippen molar-refractivity contribution < 1.29 is 13.9 Å². The molecule has 1 aromatic heterocycles. The second-order valence-electron chi connectivity index (χ2n) is 4.39. The zero-order chi connectivity index (χ0) is 12.6. The van der Waals surface area contributed by atoms with Gasteiger partial charge in [0, 0.05) is 17.8 Å². The van der Waals surface area contributed by atoms with E-state index < -0.39 is 17.6 Å². The van der Waals surface area contributed by atoms with Gasteiger partial charge in [-0.05, 0) is 32.9 Å². The highest BCUT2D eigenvalue weighted by atomic mass is 35.5. The molecular formula is C11H17ClF2N2O. The van der Waals surface area contributed by atoms with Gasteiger partial charge in [-0.15, -0.1) is 12.4 Å². The van der Waals surface area contributed by atoms with Crippen LogP contribution in [0.4, 0.5) is 8.78 Å². The zero-order valence-corrected chi connectivity index (χ0v) is 10.8. The van der Waals surface area contributed by atoms with Gasteiger partial charge in [0.15, 0.2) is 0 Å². The number of halogens is 3. The predicted octanol–water partition coefficient (Wildman–Crippen LogP) is 2.39. The van der Waals surface area contributed by atoms with Crippen LogP contribution in [0.2, 0.25) is 0 Å². The first-order valence-electron chi connectivity index (χ1n) is 4.98. The summed E-state index contributed by atoms with van der Waals surface area (Å²) in [6.45, 7) is 3.80. The molecule has 0 fully saturated rings. The lowest BCUT2D eigenvalue weighted by molar-refractivity contribution is -0.168. The average molecular weight is 267 g/mol. The topological polar surface area (TPSA) is 59.1 Å². The summed E-state index contributed by atoms with van der Waals surface area (Å²) < 4.78 is 27.6. The molecule has 0 radical (unpaired) electrons. The maximum Gasteiger partial charge on any atom is 0.300 e. The Labute approximate surface area is 105 Å². The van der Waals surface area contributed by atoms with Crippen LogP contribution in [-0.4, -0.2) is 15.7 Å². The van der Waals surface area contributed by atoms with Crippen molar-refractivity contribution in [2.45, 2.75) is 38.3 Å². The molecule has 98 valence electrons. The van der Waals surface area contributed by atoms with Crippen molar-refractivity contribution in [2.75, 3.05) is 0 Å². The Morgan fingerprint density at radius 2 is 1.94 bits per heavy atom. The Morgan fingerprint density at radius 3 is 2.35 bits per heavy atom. The standard InChI is InChI=1S/C11H16F2N2O.ClH/c1-7(14)9-6-8(4-5-15-9)11(12,13)10(2,3)16;/h4-7,16H,14H2,1-3H3;1H. The molecule has 0 saturated carbocycles. The number of rotatable bonds is 3. The molecule has 0 spiro atoms. The third-order valence-corrected chi connectivity index (χ3v) is 2.38. The Balaban J connectivity index is 0.00000256. The summed E-state index contributed by atoms with van der Waals surface area (Å²) in [6, 6.07) is 1.99. The molecule has 3 N–H and O–H groups in total. The van der Waals surface area contributed by atoms with Crippen molar-refractivity contribution >= 4 is 12.4 Å². The molecule has 0 aliphatic heterocycles. The van der Waals surface area contributed by atoms with Crippen LogP contribution < -0.4 is 5.73 Å². The zero-order valence-electron chi connectivity index (χ0n) is 9.95. The molecule has 1 heterocycles. The van der Waals surface area contributed by atoms with Gasteiger partial charge >= 0.3 is 5.92 Å². The van der Waals surface area contributed by atoms with Crippen LogP contribution in [0.3, 0.4) is 0 Å². The van der Waals surface area contributed by atoms with Gasteiger partial charge < -0.3 is 10.8 Å². The largest absolute Gasteiger partial charge is 0.384 e. The average Bonchev–Trinajstić information content (AvgIpc) is 2.16. The van der Waals surface area contributed by atoms with Crippen LogP contribution in [0.15, 0.2) is 18.3 Å². The second-order valence-corrected chi connectivity index (χ2v) is 4.39. The minimum atomic E-state index is -3.33. The summed E-state index contributed by atoms with van der Waals surface area (Å²) in [6.07, 6.45) is 1.27. The fourth-order valence-electron chi connectivity index (χ4n) is 1.25. The van der Waals surface area contributed by atoms with Gasteiger partial charge in [-0.1, -0.05) is 0 Å². The first-order valence-corrected chi connectivity index (χ1v) is 4.98. The second kappa shape index (κ2) is 5.25. The highest BCUT2D eigenvalue weighted by Crippen LogP contribution is 2.38. The number of alkyl halides is 2. The van der Waals surface area contributed by atoms with E-state index in [4.69, 9.17) is 5.73 Å². The number of aromatic nitrogens is 1. The maximum absolute atomic E-state index is 13.8. The van der Waals surface area contributed by atoms with Crippen molar-refractivity contribution in [3.05, 3.63) is 29.6 Å². The van der Waals surface area contributed by atoms with E-state index in [-0.39, 0.29) is 18.0 Å². The number of hydrogen-bond acceptors (Lipinski definition) is 3. The molecule has 1 aromatic rings. The lowest BCUT2D eigenvalue weighted by Crippen LogP contribution is -2.40. The third-order valence-electron chi connectivity index (χ3n) is 2.38. The normalized spacial score (nSPS) is 14.1. The number of hydrogen-bond donors (Lipinski definition) is 2. The minimum Gasteiger partial charge on any atom is -0.384 e. The summed E-state index contributed by atoms with van der Waals surface area (Å²) in [4.78, 5) is 3.89. The van der Waals surface area contributed by atoms with Crippen LogP contribution in [0.5, 0.6) is 0 Å². The molecule has 6 heteroatoms.